The Hall–Kier alpha value is -4.13. The van der Waals surface area contributed by atoms with Gasteiger partial charge in [-0.05, 0) is 49.8 Å². The molecule has 3 heterocycles. The summed E-state index contributed by atoms with van der Waals surface area (Å²) in [5, 5.41) is 7.26. The summed E-state index contributed by atoms with van der Waals surface area (Å²) in [4.78, 5) is 30.4. The third kappa shape index (κ3) is 5.35. The summed E-state index contributed by atoms with van der Waals surface area (Å²) in [5.74, 6) is 0.833. The van der Waals surface area contributed by atoms with Gasteiger partial charge in [0.25, 0.3) is 11.8 Å². The van der Waals surface area contributed by atoms with Crippen molar-refractivity contribution >= 4 is 11.8 Å². The molecule has 1 atom stereocenters. The SMILES string of the molecule is Cc1occc1C(=O)N(C)C(Cc1ccccc1)C1CCN(C(=O)c2cc(-c3ccccc3)n[nH]2)CC1. The number of carbonyl (C=O) groups excluding carboxylic acids is 2. The number of likely N-dealkylation sites (tertiary alicyclic amines) is 1. The number of aromatic nitrogens is 2. The van der Waals surface area contributed by atoms with Crippen molar-refractivity contribution in [3.05, 3.63) is 102 Å². The van der Waals surface area contributed by atoms with Crippen molar-refractivity contribution < 1.29 is 14.0 Å². The van der Waals surface area contributed by atoms with Crippen LogP contribution in [0.15, 0.2) is 83.5 Å². The summed E-state index contributed by atoms with van der Waals surface area (Å²) in [6.45, 7) is 3.10. The molecule has 190 valence electrons. The minimum absolute atomic E-state index is 0.0123. The third-order valence-corrected chi connectivity index (χ3v) is 7.44. The first-order valence-corrected chi connectivity index (χ1v) is 12.8. The van der Waals surface area contributed by atoms with Gasteiger partial charge >= 0.3 is 0 Å². The third-order valence-electron chi connectivity index (χ3n) is 7.44. The van der Waals surface area contributed by atoms with Gasteiger partial charge in [-0.2, -0.15) is 5.10 Å². The van der Waals surface area contributed by atoms with E-state index in [0.717, 1.165) is 30.5 Å². The lowest BCUT2D eigenvalue weighted by Gasteiger charge is -2.40. The number of rotatable bonds is 7. The van der Waals surface area contributed by atoms with Gasteiger partial charge in [-0.15, -0.1) is 0 Å². The number of amides is 2. The lowest BCUT2D eigenvalue weighted by Crippen LogP contribution is -2.48. The number of carbonyl (C=O) groups is 2. The molecular formula is C30H32N4O3. The molecule has 1 fully saturated rings. The Morgan fingerprint density at radius 1 is 1.05 bits per heavy atom. The molecule has 37 heavy (non-hydrogen) atoms. The van der Waals surface area contributed by atoms with E-state index in [1.54, 1.807) is 12.3 Å². The quantitative estimate of drug-likeness (QED) is 0.381. The molecule has 7 heteroatoms. The molecule has 1 unspecified atom stereocenters. The number of aryl methyl sites for hydroxylation is 1. The zero-order valence-electron chi connectivity index (χ0n) is 21.3. The number of nitrogens with one attached hydrogen (secondary N) is 1. The Morgan fingerprint density at radius 2 is 1.73 bits per heavy atom. The molecule has 2 aromatic carbocycles. The van der Waals surface area contributed by atoms with Crippen LogP contribution in [0, 0.1) is 12.8 Å². The van der Waals surface area contributed by atoms with E-state index >= 15 is 0 Å². The topological polar surface area (TPSA) is 82.4 Å². The number of hydrogen-bond acceptors (Lipinski definition) is 4. The van der Waals surface area contributed by atoms with E-state index in [1.807, 2.05) is 78.4 Å². The second kappa shape index (κ2) is 10.9. The zero-order chi connectivity index (χ0) is 25.8. The van der Waals surface area contributed by atoms with Gasteiger partial charge in [0.1, 0.15) is 11.5 Å². The maximum Gasteiger partial charge on any atom is 0.271 e. The highest BCUT2D eigenvalue weighted by molar-refractivity contribution is 5.95. The van der Waals surface area contributed by atoms with Gasteiger partial charge in [0, 0.05) is 31.7 Å². The maximum absolute atomic E-state index is 13.4. The average molecular weight is 497 g/mol. The molecule has 0 aliphatic carbocycles. The van der Waals surface area contributed by atoms with Crippen LogP contribution >= 0.6 is 0 Å². The van der Waals surface area contributed by atoms with Crippen molar-refractivity contribution in [2.45, 2.75) is 32.2 Å². The number of hydrogen-bond donors (Lipinski definition) is 1. The Bertz CT molecular complexity index is 1340. The van der Waals surface area contributed by atoms with Gasteiger partial charge in [-0.3, -0.25) is 14.7 Å². The smallest absolute Gasteiger partial charge is 0.271 e. The summed E-state index contributed by atoms with van der Waals surface area (Å²) in [6, 6.07) is 23.7. The van der Waals surface area contributed by atoms with Crippen LogP contribution in [-0.4, -0.2) is 58.0 Å². The molecule has 1 N–H and O–H groups in total. The number of benzene rings is 2. The zero-order valence-corrected chi connectivity index (χ0v) is 21.3. The summed E-state index contributed by atoms with van der Waals surface area (Å²) < 4.78 is 5.39. The minimum atomic E-state index is -0.0359. The van der Waals surface area contributed by atoms with Crippen LogP contribution in [0.2, 0.25) is 0 Å². The first-order valence-electron chi connectivity index (χ1n) is 12.8. The molecule has 7 nitrogen and oxygen atoms in total. The normalized spacial score (nSPS) is 14.9. The number of nitrogens with zero attached hydrogens (tertiary/aromatic N) is 3. The molecule has 0 radical (unpaired) electrons. The van der Waals surface area contributed by atoms with Gasteiger partial charge in [-0.1, -0.05) is 60.7 Å². The second-order valence-electron chi connectivity index (χ2n) is 9.73. The molecule has 5 rings (SSSR count). The number of H-pyrrole nitrogens is 1. The van der Waals surface area contributed by atoms with Crippen molar-refractivity contribution in [1.29, 1.82) is 0 Å². The lowest BCUT2D eigenvalue weighted by atomic mass is 9.84. The van der Waals surface area contributed by atoms with Crippen molar-refractivity contribution in [1.82, 2.24) is 20.0 Å². The molecule has 4 aromatic rings. The number of furan rings is 1. The highest BCUT2D eigenvalue weighted by atomic mass is 16.3. The fraction of sp³-hybridized carbons (Fsp3) is 0.300. The van der Waals surface area contributed by atoms with Crippen LogP contribution in [0.1, 0.15) is 45.0 Å². The van der Waals surface area contributed by atoms with Crippen molar-refractivity contribution in [3.63, 3.8) is 0 Å². The highest BCUT2D eigenvalue weighted by Gasteiger charge is 2.34. The first kappa shape index (κ1) is 24.6. The Morgan fingerprint density at radius 3 is 2.38 bits per heavy atom. The molecule has 1 aliphatic rings. The maximum atomic E-state index is 13.4. The van der Waals surface area contributed by atoms with Crippen molar-refractivity contribution in [2.75, 3.05) is 20.1 Å². The van der Waals surface area contributed by atoms with E-state index in [1.165, 1.54) is 5.56 Å². The predicted octanol–water partition coefficient (Wildman–Crippen LogP) is 5.21. The summed E-state index contributed by atoms with van der Waals surface area (Å²) >= 11 is 0. The highest BCUT2D eigenvalue weighted by Crippen LogP contribution is 2.29. The Balaban J connectivity index is 1.28. The van der Waals surface area contributed by atoms with E-state index in [9.17, 15) is 9.59 Å². The van der Waals surface area contributed by atoms with Gasteiger partial charge in [0.2, 0.25) is 0 Å². The lowest BCUT2D eigenvalue weighted by molar-refractivity contribution is 0.0518. The predicted molar refractivity (Wildman–Crippen MR) is 142 cm³/mol. The van der Waals surface area contributed by atoms with E-state index in [2.05, 4.69) is 22.3 Å². The number of likely N-dealkylation sites (N-methyl/N-ethyl adjacent to an activating group) is 1. The van der Waals surface area contributed by atoms with Crippen LogP contribution in [-0.2, 0) is 6.42 Å². The number of aromatic amines is 1. The molecule has 2 aromatic heterocycles. The summed E-state index contributed by atoms with van der Waals surface area (Å²) in [7, 11) is 1.88. The first-order chi connectivity index (χ1) is 18.0. The van der Waals surface area contributed by atoms with Crippen LogP contribution in [0.3, 0.4) is 0 Å². The van der Waals surface area contributed by atoms with Crippen LogP contribution in [0.25, 0.3) is 11.3 Å². The Kier molecular flexibility index (Phi) is 7.21. The number of piperidine rings is 1. The molecule has 2 amide bonds. The van der Waals surface area contributed by atoms with Crippen molar-refractivity contribution in [3.8, 4) is 11.3 Å². The second-order valence-corrected chi connectivity index (χ2v) is 9.73. The van der Waals surface area contributed by atoms with E-state index < -0.39 is 0 Å². The minimum Gasteiger partial charge on any atom is -0.469 e. The van der Waals surface area contributed by atoms with Gasteiger partial charge in [0.05, 0.1) is 17.5 Å². The summed E-state index contributed by atoms with van der Waals surface area (Å²) in [5.41, 5.74) is 4.03. The van der Waals surface area contributed by atoms with Crippen LogP contribution in [0.4, 0.5) is 0 Å². The fourth-order valence-electron chi connectivity index (χ4n) is 5.27. The van der Waals surface area contributed by atoms with E-state index in [0.29, 0.717) is 30.1 Å². The van der Waals surface area contributed by atoms with Gasteiger partial charge < -0.3 is 14.2 Å². The van der Waals surface area contributed by atoms with E-state index in [4.69, 9.17) is 4.42 Å². The standard InChI is InChI=1S/C30H32N4O3/c1-21-25(15-18-37-21)29(35)33(2)28(19-22-9-5-3-6-10-22)24-13-16-34(17-14-24)30(36)27-20-26(31-32-27)23-11-7-4-8-12-23/h3-12,15,18,20,24,28H,13-14,16-17,19H2,1-2H3,(H,31,32). The molecule has 0 saturated carbocycles. The fourth-order valence-corrected chi connectivity index (χ4v) is 5.27. The molecule has 0 spiro atoms. The molecule has 1 aliphatic heterocycles. The van der Waals surface area contributed by atoms with E-state index in [-0.39, 0.29) is 23.8 Å². The average Bonchev–Trinajstić information content (AvgIpc) is 3.61. The largest absolute Gasteiger partial charge is 0.469 e. The monoisotopic (exact) mass is 496 g/mol. The van der Waals surface area contributed by atoms with Crippen molar-refractivity contribution in [2.24, 2.45) is 5.92 Å². The van der Waals surface area contributed by atoms with Crippen LogP contribution < -0.4 is 0 Å². The molecular weight excluding hydrogens is 464 g/mol. The molecule has 1 saturated heterocycles. The van der Waals surface area contributed by atoms with Crippen LogP contribution in [0.5, 0.6) is 0 Å². The van der Waals surface area contributed by atoms with Gasteiger partial charge in [0.15, 0.2) is 0 Å². The Labute approximate surface area is 217 Å². The van der Waals surface area contributed by atoms with Gasteiger partial charge in [-0.25, -0.2) is 0 Å². The molecule has 0 bridgehead atoms. The summed E-state index contributed by atoms with van der Waals surface area (Å²) in [6.07, 6.45) is 3.97.